The van der Waals surface area contributed by atoms with E-state index in [0.717, 1.165) is 28.1 Å². The van der Waals surface area contributed by atoms with Crippen molar-refractivity contribution in [3.05, 3.63) is 59.2 Å². The van der Waals surface area contributed by atoms with E-state index in [1.807, 2.05) is 57.2 Å². The van der Waals surface area contributed by atoms with E-state index < -0.39 is 0 Å². The summed E-state index contributed by atoms with van der Waals surface area (Å²) < 4.78 is 6.00. The first-order valence-electron chi connectivity index (χ1n) is 8.22. The molecule has 0 aromatic heterocycles. The Labute approximate surface area is 148 Å². The summed E-state index contributed by atoms with van der Waals surface area (Å²) in [6.07, 6.45) is 1.17. The van der Waals surface area contributed by atoms with Gasteiger partial charge in [-0.15, -0.1) is 0 Å². The third kappa shape index (κ3) is 4.83. The number of anilines is 1. The lowest BCUT2D eigenvalue weighted by molar-refractivity contribution is -0.112. The molecule has 0 bridgehead atoms. The fourth-order valence-corrected chi connectivity index (χ4v) is 2.53. The van der Waals surface area contributed by atoms with Gasteiger partial charge in [0.1, 0.15) is 25.7 Å². The van der Waals surface area contributed by atoms with Crippen molar-refractivity contribution in [2.24, 2.45) is 5.16 Å². The van der Waals surface area contributed by atoms with Gasteiger partial charge in [-0.05, 0) is 44.0 Å². The molecule has 0 saturated carbocycles. The summed E-state index contributed by atoms with van der Waals surface area (Å²) in [7, 11) is 1.41. The molecule has 2 aromatic rings. The third-order valence-electron chi connectivity index (χ3n) is 3.86. The molecule has 25 heavy (non-hydrogen) atoms. The van der Waals surface area contributed by atoms with Crippen LogP contribution in [0.1, 0.15) is 23.6 Å². The number of hydrogen-bond acceptors (Lipinski definition) is 4. The van der Waals surface area contributed by atoms with Crippen molar-refractivity contribution in [3.63, 3.8) is 0 Å². The molecule has 5 heteroatoms. The largest absolute Gasteiger partial charge is 0.489 e. The van der Waals surface area contributed by atoms with Gasteiger partial charge in [0.05, 0.1) is 5.69 Å². The maximum absolute atomic E-state index is 12.3. The van der Waals surface area contributed by atoms with Gasteiger partial charge in [0.15, 0.2) is 0 Å². The predicted molar refractivity (Wildman–Crippen MR) is 100 cm³/mol. The molecule has 0 fully saturated rings. The summed E-state index contributed by atoms with van der Waals surface area (Å²) in [6.45, 7) is 6.87. The van der Waals surface area contributed by atoms with E-state index in [-0.39, 0.29) is 5.91 Å². The minimum Gasteiger partial charge on any atom is -0.489 e. The number of hydrogen-bond donors (Lipinski definition) is 0. The van der Waals surface area contributed by atoms with Crippen LogP contribution in [0, 0.1) is 13.8 Å². The third-order valence-corrected chi connectivity index (χ3v) is 3.86. The highest BCUT2D eigenvalue weighted by Gasteiger charge is 2.16. The Kier molecular flexibility index (Phi) is 6.57. The first-order chi connectivity index (χ1) is 12.1. The molecule has 0 radical (unpaired) electrons. The van der Waals surface area contributed by atoms with E-state index in [4.69, 9.17) is 4.74 Å². The smallest absolute Gasteiger partial charge is 0.272 e. The summed E-state index contributed by atoms with van der Waals surface area (Å²) in [5.41, 5.74) is 3.97. The number of carbonyl (C=O) groups is 1. The van der Waals surface area contributed by atoms with Crippen molar-refractivity contribution >= 4 is 17.8 Å². The average Bonchev–Trinajstić information content (AvgIpc) is 2.62. The number of benzene rings is 2. The van der Waals surface area contributed by atoms with E-state index in [1.54, 1.807) is 4.90 Å². The van der Waals surface area contributed by atoms with Gasteiger partial charge in [0.25, 0.3) is 5.91 Å². The van der Waals surface area contributed by atoms with Crippen LogP contribution in [0.4, 0.5) is 5.69 Å². The second-order valence-corrected chi connectivity index (χ2v) is 5.69. The first kappa shape index (κ1) is 18.5. The zero-order chi connectivity index (χ0) is 18.2. The predicted octanol–water partition coefficient (Wildman–Crippen LogP) is 3.87. The number of aryl methyl sites for hydroxylation is 2. The Morgan fingerprint density at radius 3 is 2.68 bits per heavy atom. The lowest BCUT2D eigenvalue weighted by Crippen LogP contribution is -2.32. The molecule has 0 aliphatic rings. The van der Waals surface area contributed by atoms with Crippen LogP contribution < -0.4 is 9.64 Å². The van der Waals surface area contributed by atoms with Crippen LogP contribution in [0.15, 0.2) is 47.6 Å². The molecule has 0 aliphatic carbocycles. The number of ether oxygens (including phenoxy) is 1. The van der Waals surface area contributed by atoms with Gasteiger partial charge in [-0.2, -0.15) is 0 Å². The first-order valence-corrected chi connectivity index (χ1v) is 8.22. The van der Waals surface area contributed by atoms with Crippen LogP contribution in [0.5, 0.6) is 5.75 Å². The summed E-state index contributed by atoms with van der Waals surface area (Å²) >= 11 is 0. The van der Waals surface area contributed by atoms with Gasteiger partial charge in [-0.3, -0.25) is 4.79 Å². The number of oxime groups is 1. The quantitative estimate of drug-likeness (QED) is 0.568. The number of nitrogens with zero attached hydrogens (tertiary/aromatic N) is 2. The SMILES string of the molecule is CCN(C(=O)C=NOC)c1ccccc1COc1cc(C)ccc1C. The van der Waals surface area contributed by atoms with E-state index in [9.17, 15) is 4.79 Å². The van der Waals surface area contributed by atoms with Crippen molar-refractivity contribution in [2.45, 2.75) is 27.4 Å². The van der Waals surface area contributed by atoms with E-state index >= 15 is 0 Å². The van der Waals surface area contributed by atoms with Gasteiger partial charge in [-0.1, -0.05) is 35.5 Å². The van der Waals surface area contributed by atoms with E-state index in [0.29, 0.717) is 13.2 Å². The van der Waals surface area contributed by atoms with E-state index in [2.05, 4.69) is 16.1 Å². The molecule has 0 unspecified atom stereocenters. The van der Waals surface area contributed by atoms with Gasteiger partial charge in [0.2, 0.25) is 0 Å². The molecular formula is C20H24N2O3. The van der Waals surface area contributed by atoms with Gasteiger partial charge in [-0.25, -0.2) is 0 Å². The lowest BCUT2D eigenvalue weighted by Gasteiger charge is -2.22. The zero-order valence-corrected chi connectivity index (χ0v) is 15.2. The molecular weight excluding hydrogens is 316 g/mol. The standard InChI is InChI=1S/C20H24N2O3/c1-5-22(20(23)13-21-24-4)18-9-7-6-8-17(18)14-25-19-12-15(2)10-11-16(19)3/h6-13H,5,14H2,1-4H3. The van der Waals surface area contributed by atoms with Crippen LogP contribution in [0.2, 0.25) is 0 Å². The molecule has 0 spiro atoms. The topological polar surface area (TPSA) is 51.1 Å². The Morgan fingerprint density at radius 2 is 1.96 bits per heavy atom. The Hall–Kier alpha value is -2.82. The van der Waals surface area contributed by atoms with Crippen LogP contribution in [0.25, 0.3) is 0 Å². The van der Waals surface area contributed by atoms with Crippen LogP contribution in [-0.2, 0) is 16.2 Å². The summed E-state index contributed by atoms with van der Waals surface area (Å²) in [4.78, 5) is 18.6. The molecule has 5 nitrogen and oxygen atoms in total. The monoisotopic (exact) mass is 340 g/mol. The van der Waals surface area contributed by atoms with Crippen LogP contribution >= 0.6 is 0 Å². The highest BCUT2D eigenvalue weighted by atomic mass is 16.6. The van der Waals surface area contributed by atoms with Gasteiger partial charge < -0.3 is 14.5 Å². The average molecular weight is 340 g/mol. The van der Waals surface area contributed by atoms with Gasteiger partial charge in [0, 0.05) is 12.1 Å². The highest BCUT2D eigenvalue weighted by Crippen LogP contribution is 2.25. The van der Waals surface area contributed by atoms with Crippen molar-refractivity contribution in [1.82, 2.24) is 0 Å². The molecule has 2 aromatic carbocycles. The molecule has 132 valence electrons. The summed E-state index contributed by atoms with van der Waals surface area (Å²) in [5.74, 6) is 0.619. The Morgan fingerprint density at radius 1 is 1.20 bits per heavy atom. The maximum Gasteiger partial charge on any atom is 0.272 e. The number of para-hydroxylation sites is 1. The molecule has 0 heterocycles. The lowest BCUT2D eigenvalue weighted by atomic mass is 10.1. The fourth-order valence-electron chi connectivity index (χ4n) is 2.53. The molecule has 2 rings (SSSR count). The number of amides is 1. The summed E-state index contributed by atoms with van der Waals surface area (Å²) in [5, 5.41) is 3.56. The molecule has 0 saturated heterocycles. The zero-order valence-electron chi connectivity index (χ0n) is 15.2. The molecule has 0 N–H and O–H groups in total. The fraction of sp³-hybridized carbons (Fsp3) is 0.300. The second kappa shape index (κ2) is 8.87. The van der Waals surface area contributed by atoms with Crippen LogP contribution in [-0.4, -0.2) is 25.8 Å². The van der Waals surface area contributed by atoms with E-state index in [1.165, 1.54) is 13.3 Å². The van der Waals surface area contributed by atoms with Crippen molar-refractivity contribution in [3.8, 4) is 5.75 Å². The molecule has 0 aliphatic heterocycles. The van der Waals surface area contributed by atoms with Crippen LogP contribution in [0.3, 0.4) is 0 Å². The summed E-state index contributed by atoms with van der Waals surface area (Å²) in [6, 6.07) is 13.8. The molecule has 0 atom stereocenters. The highest BCUT2D eigenvalue weighted by molar-refractivity contribution is 6.32. The Bertz CT molecular complexity index is 756. The maximum atomic E-state index is 12.3. The van der Waals surface area contributed by atoms with Crippen molar-refractivity contribution in [1.29, 1.82) is 0 Å². The minimum absolute atomic E-state index is 0.233. The van der Waals surface area contributed by atoms with Crippen molar-refractivity contribution in [2.75, 3.05) is 18.6 Å². The van der Waals surface area contributed by atoms with Gasteiger partial charge >= 0.3 is 0 Å². The Balaban J connectivity index is 2.23. The molecule has 1 amide bonds. The minimum atomic E-state index is -0.233. The normalized spacial score (nSPS) is 10.7. The van der Waals surface area contributed by atoms with Crippen molar-refractivity contribution < 1.29 is 14.4 Å². The number of carbonyl (C=O) groups excluding carboxylic acids is 1. The second-order valence-electron chi connectivity index (χ2n) is 5.69. The number of rotatable bonds is 7.